The number of nitrogens with zero attached hydrogens (tertiary/aromatic N) is 4. The number of aromatic nitrogens is 1. The average molecular weight is 344 g/mol. The van der Waals surface area contributed by atoms with Gasteiger partial charge >= 0.3 is 0 Å². The van der Waals surface area contributed by atoms with Gasteiger partial charge in [0.05, 0.1) is 0 Å². The fourth-order valence-electron chi connectivity index (χ4n) is 2.36. The minimum absolute atomic E-state index is 0.0586. The van der Waals surface area contributed by atoms with Crippen molar-refractivity contribution in [3.63, 3.8) is 0 Å². The highest BCUT2D eigenvalue weighted by Crippen LogP contribution is 2.14. The summed E-state index contributed by atoms with van der Waals surface area (Å²) in [5.74, 6) is 0.400. The minimum Gasteiger partial charge on any atom is -0.363 e. The third kappa shape index (κ3) is 5.53. The molecule has 6 heteroatoms. The van der Waals surface area contributed by atoms with Crippen LogP contribution in [0, 0.1) is 5.82 Å². The van der Waals surface area contributed by atoms with Crippen molar-refractivity contribution in [3.05, 3.63) is 59.5 Å². The van der Waals surface area contributed by atoms with Gasteiger partial charge in [-0.2, -0.15) is 0 Å². The predicted octanol–water partition coefficient (Wildman–Crippen LogP) is 2.49. The van der Waals surface area contributed by atoms with Crippen molar-refractivity contribution in [1.29, 1.82) is 0 Å². The molecule has 0 bridgehead atoms. The number of carbonyl (C=O) groups is 1. The Morgan fingerprint density at radius 1 is 1.04 bits per heavy atom. The standard InChI is InChI=1S/C19H25FN4O/c1-22(2)11-12-24(14-15-5-7-17(20)8-6-15)19(25)16-9-10-21-18(13-16)23(3)4/h5-10,13H,11-12,14H2,1-4H3. The Kier molecular flexibility index (Phi) is 6.47. The molecule has 1 aromatic heterocycles. The molecule has 0 spiro atoms. The Balaban J connectivity index is 2.22. The van der Waals surface area contributed by atoms with Gasteiger partial charge in [0.15, 0.2) is 0 Å². The molecule has 0 atom stereocenters. The Hall–Kier alpha value is -2.47. The second-order valence-corrected chi connectivity index (χ2v) is 6.45. The molecule has 0 N–H and O–H groups in total. The Labute approximate surface area is 148 Å². The summed E-state index contributed by atoms with van der Waals surface area (Å²) in [5.41, 5.74) is 1.50. The summed E-state index contributed by atoms with van der Waals surface area (Å²) < 4.78 is 13.1. The van der Waals surface area contributed by atoms with E-state index in [2.05, 4.69) is 4.98 Å². The second kappa shape index (κ2) is 8.58. The van der Waals surface area contributed by atoms with Gasteiger partial charge in [-0.05, 0) is 43.9 Å². The molecule has 1 heterocycles. The van der Waals surface area contributed by atoms with E-state index in [0.29, 0.717) is 18.7 Å². The van der Waals surface area contributed by atoms with Gasteiger partial charge in [0.25, 0.3) is 5.91 Å². The van der Waals surface area contributed by atoms with Gasteiger partial charge in [0.1, 0.15) is 11.6 Å². The van der Waals surface area contributed by atoms with Crippen LogP contribution in [0.1, 0.15) is 15.9 Å². The van der Waals surface area contributed by atoms with Crippen LogP contribution < -0.4 is 4.90 Å². The summed E-state index contributed by atoms with van der Waals surface area (Å²) >= 11 is 0. The molecule has 0 aliphatic carbocycles. The highest BCUT2D eigenvalue weighted by Gasteiger charge is 2.17. The normalized spacial score (nSPS) is 10.8. The van der Waals surface area contributed by atoms with Crippen LogP contribution in [-0.2, 0) is 6.54 Å². The second-order valence-electron chi connectivity index (χ2n) is 6.45. The molecule has 0 saturated carbocycles. The van der Waals surface area contributed by atoms with Crippen LogP contribution >= 0.6 is 0 Å². The molecule has 5 nitrogen and oxygen atoms in total. The molecule has 0 aliphatic rings. The van der Waals surface area contributed by atoms with Crippen molar-refractivity contribution in [2.75, 3.05) is 46.2 Å². The highest BCUT2D eigenvalue weighted by atomic mass is 19.1. The monoisotopic (exact) mass is 344 g/mol. The van der Waals surface area contributed by atoms with Crippen molar-refractivity contribution >= 4 is 11.7 Å². The van der Waals surface area contributed by atoms with Gasteiger partial charge in [0, 0.05) is 45.5 Å². The molecule has 0 radical (unpaired) electrons. The summed E-state index contributed by atoms with van der Waals surface area (Å²) in [4.78, 5) is 22.9. The number of benzene rings is 1. The molecule has 2 aromatic rings. The van der Waals surface area contributed by atoms with Crippen LogP contribution in [0.15, 0.2) is 42.6 Å². The Morgan fingerprint density at radius 3 is 2.32 bits per heavy atom. The first kappa shape index (κ1) is 18.9. The molecular formula is C19H25FN4O. The van der Waals surface area contributed by atoms with E-state index in [-0.39, 0.29) is 11.7 Å². The van der Waals surface area contributed by atoms with Crippen LogP contribution in [0.4, 0.5) is 10.2 Å². The highest BCUT2D eigenvalue weighted by molar-refractivity contribution is 5.94. The molecule has 134 valence electrons. The van der Waals surface area contributed by atoms with E-state index in [1.165, 1.54) is 12.1 Å². The van der Waals surface area contributed by atoms with Crippen LogP contribution in [0.25, 0.3) is 0 Å². The van der Waals surface area contributed by atoms with Crippen LogP contribution in [0.3, 0.4) is 0 Å². The topological polar surface area (TPSA) is 39.7 Å². The minimum atomic E-state index is -0.278. The van der Waals surface area contributed by atoms with E-state index in [0.717, 1.165) is 17.9 Å². The quantitative estimate of drug-likeness (QED) is 0.774. The van der Waals surface area contributed by atoms with Gasteiger partial charge < -0.3 is 14.7 Å². The van der Waals surface area contributed by atoms with E-state index < -0.39 is 0 Å². The fourth-order valence-corrected chi connectivity index (χ4v) is 2.36. The maximum absolute atomic E-state index is 13.1. The lowest BCUT2D eigenvalue weighted by Gasteiger charge is -2.25. The molecule has 2 rings (SSSR count). The first-order valence-electron chi connectivity index (χ1n) is 8.18. The molecule has 1 aromatic carbocycles. The van der Waals surface area contributed by atoms with Crippen LogP contribution in [-0.4, -0.2) is 62.0 Å². The van der Waals surface area contributed by atoms with E-state index in [9.17, 15) is 9.18 Å². The van der Waals surface area contributed by atoms with E-state index >= 15 is 0 Å². The summed E-state index contributed by atoms with van der Waals surface area (Å²) in [6.45, 7) is 1.77. The largest absolute Gasteiger partial charge is 0.363 e. The number of carbonyl (C=O) groups excluding carboxylic acids is 1. The van der Waals surface area contributed by atoms with Crippen molar-refractivity contribution < 1.29 is 9.18 Å². The molecule has 1 amide bonds. The van der Waals surface area contributed by atoms with Gasteiger partial charge in [-0.25, -0.2) is 9.37 Å². The zero-order valence-corrected chi connectivity index (χ0v) is 15.2. The number of pyridine rings is 1. The lowest BCUT2D eigenvalue weighted by atomic mass is 10.1. The Bertz CT molecular complexity index is 701. The summed E-state index contributed by atoms with van der Waals surface area (Å²) in [5, 5.41) is 0. The Morgan fingerprint density at radius 2 is 1.72 bits per heavy atom. The molecule has 0 saturated heterocycles. The average Bonchev–Trinajstić information content (AvgIpc) is 2.59. The zero-order chi connectivity index (χ0) is 18.4. The number of amides is 1. The lowest BCUT2D eigenvalue weighted by Crippen LogP contribution is -2.36. The molecule has 25 heavy (non-hydrogen) atoms. The maximum atomic E-state index is 13.1. The van der Waals surface area contributed by atoms with Gasteiger partial charge in [-0.15, -0.1) is 0 Å². The lowest BCUT2D eigenvalue weighted by molar-refractivity contribution is 0.0732. The van der Waals surface area contributed by atoms with Gasteiger partial charge in [0.2, 0.25) is 0 Å². The summed E-state index contributed by atoms with van der Waals surface area (Å²) in [7, 11) is 7.71. The molecule has 0 fully saturated rings. The van der Waals surface area contributed by atoms with Crippen LogP contribution in [0.2, 0.25) is 0 Å². The number of anilines is 1. The number of rotatable bonds is 7. The van der Waals surface area contributed by atoms with Gasteiger partial charge in [-0.1, -0.05) is 12.1 Å². The van der Waals surface area contributed by atoms with Crippen molar-refractivity contribution in [3.8, 4) is 0 Å². The zero-order valence-electron chi connectivity index (χ0n) is 15.2. The molecular weight excluding hydrogens is 319 g/mol. The maximum Gasteiger partial charge on any atom is 0.254 e. The van der Waals surface area contributed by atoms with E-state index in [1.54, 1.807) is 35.4 Å². The third-order valence-electron chi connectivity index (χ3n) is 3.84. The third-order valence-corrected chi connectivity index (χ3v) is 3.84. The van der Waals surface area contributed by atoms with Crippen molar-refractivity contribution in [2.24, 2.45) is 0 Å². The predicted molar refractivity (Wildman–Crippen MR) is 98.3 cm³/mol. The van der Waals surface area contributed by atoms with E-state index in [4.69, 9.17) is 0 Å². The smallest absolute Gasteiger partial charge is 0.254 e. The first-order valence-corrected chi connectivity index (χ1v) is 8.18. The SMILES string of the molecule is CN(C)CCN(Cc1ccc(F)cc1)C(=O)c1ccnc(N(C)C)c1. The molecule has 0 aliphatic heterocycles. The number of hydrogen-bond acceptors (Lipinski definition) is 4. The summed E-state index contributed by atoms with van der Waals surface area (Å²) in [6, 6.07) is 9.77. The molecule has 0 unspecified atom stereocenters. The summed E-state index contributed by atoms with van der Waals surface area (Å²) in [6.07, 6.45) is 1.64. The van der Waals surface area contributed by atoms with Crippen LogP contribution in [0.5, 0.6) is 0 Å². The van der Waals surface area contributed by atoms with Crippen molar-refractivity contribution in [2.45, 2.75) is 6.54 Å². The fraction of sp³-hybridized carbons (Fsp3) is 0.368. The number of likely N-dealkylation sites (N-methyl/N-ethyl adjacent to an activating group) is 1. The van der Waals surface area contributed by atoms with Crippen molar-refractivity contribution in [1.82, 2.24) is 14.8 Å². The first-order chi connectivity index (χ1) is 11.9. The van der Waals surface area contributed by atoms with Gasteiger partial charge in [-0.3, -0.25) is 4.79 Å². The number of hydrogen-bond donors (Lipinski definition) is 0. The van der Waals surface area contributed by atoms with E-state index in [1.807, 2.05) is 38.0 Å². The number of halogens is 1.